The van der Waals surface area contributed by atoms with E-state index in [1.54, 1.807) is 30.4 Å². The minimum absolute atomic E-state index is 0.0115. The van der Waals surface area contributed by atoms with Gasteiger partial charge in [0.05, 0.1) is 0 Å². The van der Waals surface area contributed by atoms with Gasteiger partial charge in [-0.3, -0.25) is 9.78 Å². The highest BCUT2D eigenvalue weighted by atomic mass is 16.5. The standard InChI is InChI=1S/C13H16N4O2/c1-3-4-8-17(2)13(18)12-15-11(16-19-12)10-6-5-7-14-9-10/h5-7,9H,3-4,8H2,1-2H3. The molecule has 0 spiro atoms. The molecule has 0 radical (unpaired) electrons. The third-order valence-corrected chi connectivity index (χ3v) is 2.72. The minimum atomic E-state index is -0.254. The minimum Gasteiger partial charge on any atom is -0.338 e. The summed E-state index contributed by atoms with van der Waals surface area (Å²) in [5, 5.41) is 3.80. The Bertz CT molecular complexity index is 539. The first-order valence-electron chi connectivity index (χ1n) is 6.22. The summed E-state index contributed by atoms with van der Waals surface area (Å²) in [6.45, 7) is 2.76. The lowest BCUT2D eigenvalue weighted by atomic mass is 10.3. The number of hydrogen-bond donors (Lipinski definition) is 0. The SMILES string of the molecule is CCCCN(C)C(=O)c1nc(-c2cccnc2)no1. The molecule has 0 atom stereocenters. The zero-order valence-corrected chi connectivity index (χ0v) is 11.0. The van der Waals surface area contributed by atoms with Crippen molar-refractivity contribution in [3.8, 4) is 11.4 Å². The van der Waals surface area contributed by atoms with Crippen LogP contribution in [0, 0.1) is 0 Å². The average Bonchev–Trinajstić information content (AvgIpc) is 2.94. The molecule has 0 saturated carbocycles. The first-order chi connectivity index (χ1) is 9.22. The van der Waals surface area contributed by atoms with E-state index in [1.165, 1.54) is 0 Å². The average molecular weight is 260 g/mol. The van der Waals surface area contributed by atoms with E-state index in [2.05, 4.69) is 22.0 Å². The summed E-state index contributed by atoms with van der Waals surface area (Å²) in [6, 6.07) is 3.59. The van der Waals surface area contributed by atoms with Crippen molar-refractivity contribution >= 4 is 5.91 Å². The zero-order chi connectivity index (χ0) is 13.7. The molecule has 0 aliphatic heterocycles. The van der Waals surface area contributed by atoms with E-state index in [4.69, 9.17) is 4.52 Å². The van der Waals surface area contributed by atoms with Gasteiger partial charge in [-0.25, -0.2) is 0 Å². The van der Waals surface area contributed by atoms with Gasteiger partial charge in [0.1, 0.15) is 0 Å². The van der Waals surface area contributed by atoms with Crippen LogP contribution in [0.2, 0.25) is 0 Å². The lowest BCUT2D eigenvalue weighted by Crippen LogP contribution is -2.27. The van der Waals surface area contributed by atoms with Crippen LogP contribution in [0.5, 0.6) is 0 Å². The summed E-state index contributed by atoms with van der Waals surface area (Å²) in [4.78, 5) is 21.7. The first kappa shape index (κ1) is 13.2. The number of amides is 1. The van der Waals surface area contributed by atoms with Crippen LogP contribution in [0.3, 0.4) is 0 Å². The fourth-order valence-electron chi connectivity index (χ4n) is 1.58. The van der Waals surface area contributed by atoms with Crippen molar-refractivity contribution < 1.29 is 9.32 Å². The van der Waals surface area contributed by atoms with E-state index in [9.17, 15) is 4.79 Å². The number of pyridine rings is 1. The van der Waals surface area contributed by atoms with Crippen molar-refractivity contribution in [2.45, 2.75) is 19.8 Å². The maximum Gasteiger partial charge on any atom is 0.316 e. The second-order valence-electron chi connectivity index (χ2n) is 4.25. The van der Waals surface area contributed by atoms with Gasteiger partial charge in [-0.15, -0.1) is 0 Å². The molecule has 0 N–H and O–H groups in total. The molecule has 2 aromatic heterocycles. The summed E-state index contributed by atoms with van der Waals surface area (Å²) in [5.74, 6) is 0.133. The van der Waals surface area contributed by atoms with E-state index in [1.807, 2.05) is 6.07 Å². The Balaban J connectivity index is 2.11. The van der Waals surface area contributed by atoms with Gasteiger partial charge in [0.15, 0.2) is 0 Å². The lowest BCUT2D eigenvalue weighted by molar-refractivity contribution is 0.0744. The van der Waals surface area contributed by atoms with Gasteiger partial charge in [0, 0.05) is 31.5 Å². The molecule has 6 nitrogen and oxygen atoms in total. The van der Waals surface area contributed by atoms with Crippen LogP contribution < -0.4 is 0 Å². The van der Waals surface area contributed by atoms with Crippen molar-refractivity contribution in [3.63, 3.8) is 0 Å². The quantitative estimate of drug-likeness (QED) is 0.822. The number of unbranched alkanes of at least 4 members (excludes halogenated alkanes) is 1. The van der Waals surface area contributed by atoms with Gasteiger partial charge in [-0.2, -0.15) is 4.98 Å². The van der Waals surface area contributed by atoms with Gasteiger partial charge >= 0.3 is 11.8 Å². The van der Waals surface area contributed by atoms with Gasteiger partial charge in [0.25, 0.3) is 0 Å². The maximum atomic E-state index is 12.0. The number of hydrogen-bond acceptors (Lipinski definition) is 5. The van der Waals surface area contributed by atoms with Gasteiger partial charge in [0.2, 0.25) is 5.82 Å². The van der Waals surface area contributed by atoms with Crippen molar-refractivity contribution in [1.82, 2.24) is 20.0 Å². The van der Waals surface area contributed by atoms with E-state index < -0.39 is 0 Å². The fourth-order valence-corrected chi connectivity index (χ4v) is 1.58. The van der Waals surface area contributed by atoms with Gasteiger partial charge in [-0.05, 0) is 18.6 Å². The molecule has 0 aromatic carbocycles. The Kier molecular flexibility index (Phi) is 4.22. The normalized spacial score (nSPS) is 10.4. The summed E-state index contributed by atoms with van der Waals surface area (Å²) in [6.07, 6.45) is 5.27. The molecule has 0 bridgehead atoms. The lowest BCUT2D eigenvalue weighted by Gasteiger charge is -2.13. The summed E-state index contributed by atoms with van der Waals surface area (Å²) >= 11 is 0. The predicted octanol–water partition coefficient (Wildman–Crippen LogP) is 2.00. The third kappa shape index (κ3) is 3.15. The molecular formula is C13H16N4O2. The molecular weight excluding hydrogens is 244 g/mol. The van der Waals surface area contributed by atoms with Crippen LogP contribution in [0.1, 0.15) is 30.5 Å². The maximum absolute atomic E-state index is 12.0. The Morgan fingerprint density at radius 3 is 3.00 bits per heavy atom. The Labute approximate surface area is 111 Å². The van der Waals surface area contributed by atoms with Crippen LogP contribution in [-0.4, -0.2) is 39.5 Å². The number of carbonyl (C=O) groups is 1. The van der Waals surface area contributed by atoms with Crippen LogP contribution in [-0.2, 0) is 0 Å². The Morgan fingerprint density at radius 1 is 1.47 bits per heavy atom. The van der Waals surface area contributed by atoms with E-state index in [0.717, 1.165) is 18.4 Å². The summed E-state index contributed by atoms with van der Waals surface area (Å²) in [7, 11) is 1.73. The number of aromatic nitrogens is 3. The van der Waals surface area contributed by atoms with Crippen molar-refractivity contribution in [2.75, 3.05) is 13.6 Å². The summed E-state index contributed by atoms with van der Waals surface area (Å²) < 4.78 is 5.00. The molecule has 19 heavy (non-hydrogen) atoms. The number of carbonyl (C=O) groups excluding carboxylic acids is 1. The smallest absolute Gasteiger partial charge is 0.316 e. The number of rotatable bonds is 5. The first-order valence-corrected chi connectivity index (χ1v) is 6.22. The molecule has 2 rings (SSSR count). The molecule has 0 saturated heterocycles. The van der Waals surface area contributed by atoms with Crippen LogP contribution in [0.25, 0.3) is 11.4 Å². The second kappa shape index (κ2) is 6.08. The highest BCUT2D eigenvalue weighted by Crippen LogP contribution is 2.14. The third-order valence-electron chi connectivity index (χ3n) is 2.72. The van der Waals surface area contributed by atoms with Crippen molar-refractivity contribution in [1.29, 1.82) is 0 Å². The van der Waals surface area contributed by atoms with Crippen molar-refractivity contribution in [3.05, 3.63) is 30.4 Å². The molecule has 6 heteroatoms. The topological polar surface area (TPSA) is 72.1 Å². The zero-order valence-electron chi connectivity index (χ0n) is 11.0. The molecule has 2 heterocycles. The van der Waals surface area contributed by atoms with E-state index in [0.29, 0.717) is 12.4 Å². The highest BCUT2D eigenvalue weighted by molar-refractivity contribution is 5.89. The van der Waals surface area contributed by atoms with Gasteiger partial charge < -0.3 is 9.42 Å². The highest BCUT2D eigenvalue weighted by Gasteiger charge is 2.19. The Hall–Kier alpha value is -2.24. The molecule has 100 valence electrons. The van der Waals surface area contributed by atoms with E-state index in [-0.39, 0.29) is 11.8 Å². The second-order valence-corrected chi connectivity index (χ2v) is 4.25. The molecule has 2 aromatic rings. The van der Waals surface area contributed by atoms with Gasteiger partial charge in [-0.1, -0.05) is 18.5 Å². The number of nitrogens with zero attached hydrogens (tertiary/aromatic N) is 4. The van der Waals surface area contributed by atoms with Crippen molar-refractivity contribution in [2.24, 2.45) is 0 Å². The Morgan fingerprint density at radius 2 is 2.32 bits per heavy atom. The predicted molar refractivity (Wildman–Crippen MR) is 69.4 cm³/mol. The molecule has 0 fully saturated rings. The molecule has 0 aliphatic rings. The van der Waals surface area contributed by atoms with E-state index >= 15 is 0 Å². The molecule has 1 amide bonds. The van der Waals surface area contributed by atoms with Crippen LogP contribution in [0.4, 0.5) is 0 Å². The summed E-state index contributed by atoms with van der Waals surface area (Å²) in [5.41, 5.74) is 0.724. The largest absolute Gasteiger partial charge is 0.338 e. The van der Waals surface area contributed by atoms with Crippen LogP contribution >= 0.6 is 0 Å². The van der Waals surface area contributed by atoms with Crippen LogP contribution in [0.15, 0.2) is 29.0 Å². The molecule has 0 unspecified atom stereocenters. The fraction of sp³-hybridized carbons (Fsp3) is 0.385. The molecule has 0 aliphatic carbocycles. The monoisotopic (exact) mass is 260 g/mol.